The Morgan fingerprint density at radius 2 is 1.88 bits per heavy atom. The Bertz CT molecular complexity index is 1230. The highest BCUT2D eigenvalue weighted by molar-refractivity contribution is 6.01. The first-order valence-corrected chi connectivity index (χ1v) is 10.7. The molecule has 7 nitrogen and oxygen atoms in total. The van der Waals surface area contributed by atoms with E-state index in [0.717, 1.165) is 22.4 Å². The van der Waals surface area contributed by atoms with E-state index in [4.69, 9.17) is 9.26 Å². The Morgan fingerprint density at radius 1 is 1.12 bits per heavy atom. The maximum atomic E-state index is 13.5. The molecule has 0 radical (unpaired) electrons. The number of ketones is 1. The van der Waals surface area contributed by atoms with Gasteiger partial charge in [-0.1, -0.05) is 23.4 Å². The zero-order chi connectivity index (χ0) is 22.4. The summed E-state index contributed by atoms with van der Waals surface area (Å²) in [6, 6.07) is 12.2. The Kier molecular flexibility index (Phi) is 4.89. The highest BCUT2D eigenvalue weighted by Gasteiger charge is 2.41. The lowest BCUT2D eigenvalue weighted by atomic mass is 9.72. The van der Waals surface area contributed by atoms with E-state index in [2.05, 4.69) is 10.5 Å². The van der Waals surface area contributed by atoms with E-state index in [1.54, 1.807) is 24.3 Å². The number of anilines is 1. The van der Waals surface area contributed by atoms with Crippen molar-refractivity contribution in [3.63, 3.8) is 0 Å². The Labute approximate surface area is 185 Å². The number of aromatic nitrogens is 1. The van der Waals surface area contributed by atoms with Crippen molar-refractivity contribution in [1.82, 2.24) is 5.16 Å². The number of rotatable bonds is 4. The predicted octanol–water partition coefficient (Wildman–Crippen LogP) is 4.75. The van der Waals surface area contributed by atoms with Gasteiger partial charge in [-0.05, 0) is 61.6 Å². The molecule has 0 unspecified atom stereocenters. The highest BCUT2D eigenvalue weighted by atomic mass is 16.5. The van der Waals surface area contributed by atoms with E-state index < -0.39 is 0 Å². The fourth-order valence-electron chi connectivity index (χ4n) is 4.77. The van der Waals surface area contributed by atoms with Gasteiger partial charge in [0.25, 0.3) is 0 Å². The van der Waals surface area contributed by atoms with Crippen molar-refractivity contribution in [3.05, 3.63) is 76.1 Å². The summed E-state index contributed by atoms with van der Waals surface area (Å²) in [7, 11) is 0. The molecule has 32 heavy (non-hydrogen) atoms. The SMILES string of the molecule is CCOc1cc([C@@H]2C3=C(C[C@H](c4ccc(O)cc4)CC3=O)Nc3onc(C)c32)ccc1O. The average molecular weight is 432 g/mol. The third-order valence-corrected chi connectivity index (χ3v) is 6.24. The monoisotopic (exact) mass is 432 g/mol. The summed E-state index contributed by atoms with van der Waals surface area (Å²) in [4.78, 5) is 13.5. The van der Waals surface area contributed by atoms with Crippen molar-refractivity contribution in [2.24, 2.45) is 0 Å². The highest BCUT2D eigenvalue weighted by Crippen LogP contribution is 2.50. The number of hydrogen-bond donors (Lipinski definition) is 3. The molecule has 2 aromatic carbocycles. The smallest absolute Gasteiger partial charge is 0.233 e. The van der Waals surface area contributed by atoms with Crippen LogP contribution in [0.25, 0.3) is 0 Å². The van der Waals surface area contributed by atoms with Crippen molar-refractivity contribution in [1.29, 1.82) is 0 Å². The van der Waals surface area contributed by atoms with Crippen molar-refractivity contribution < 1.29 is 24.3 Å². The quantitative estimate of drug-likeness (QED) is 0.546. The lowest BCUT2D eigenvalue weighted by Gasteiger charge is -2.34. The minimum atomic E-state index is -0.361. The van der Waals surface area contributed by atoms with Crippen LogP contribution < -0.4 is 10.1 Å². The van der Waals surface area contributed by atoms with Crippen LogP contribution in [0.2, 0.25) is 0 Å². The summed E-state index contributed by atoms with van der Waals surface area (Å²) in [5, 5.41) is 27.2. The van der Waals surface area contributed by atoms with E-state index in [0.29, 0.717) is 42.3 Å². The second-order valence-electron chi connectivity index (χ2n) is 8.24. The number of nitrogens with zero attached hydrogens (tertiary/aromatic N) is 1. The number of nitrogens with one attached hydrogen (secondary N) is 1. The molecule has 5 rings (SSSR count). The normalized spacial score (nSPS) is 19.9. The summed E-state index contributed by atoms with van der Waals surface area (Å²) in [5.74, 6) is 0.872. The fourth-order valence-corrected chi connectivity index (χ4v) is 4.77. The Balaban J connectivity index is 1.61. The summed E-state index contributed by atoms with van der Waals surface area (Å²) in [6.45, 7) is 4.13. The Morgan fingerprint density at radius 3 is 2.62 bits per heavy atom. The van der Waals surface area contributed by atoms with Crippen LogP contribution in [0.4, 0.5) is 5.88 Å². The van der Waals surface area contributed by atoms with Gasteiger partial charge in [-0.2, -0.15) is 0 Å². The molecule has 0 saturated carbocycles. The molecular formula is C25H24N2O5. The van der Waals surface area contributed by atoms with Gasteiger partial charge in [-0.3, -0.25) is 4.79 Å². The van der Waals surface area contributed by atoms with Crippen LogP contribution in [0.5, 0.6) is 17.2 Å². The van der Waals surface area contributed by atoms with Gasteiger partial charge in [0.1, 0.15) is 5.75 Å². The number of hydrogen-bond acceptors (Lipinski definition) is 7. The van der Waals surface area contributed by atoms with Crippen LogP contribution in [0, 0.1) is 6.92 Å². The number of carbonyl (C=O) groups is 1. The molecule has 3 N–H and O–H groups in total. The first-order valence-electron chi connectivity index (χ1n) is 10.7. The van der Waals surface area contributed by atoms with Crippen molar-refractivity contribution >= 4 is 11.7 Å². The minimum absolute atomic E-state index is 0.000582. The number of benzene rings is 2. The molecule has 2 heterocycles. The van der Waals surface area contributed by atoms with Crippen LogP contribution in [-0.2, 0) is 4.79 Å². The lowest BCUT2D eigenvalue weighted by molar-refractivity contribution is -0.116. The number of aryl methyl sites for hydroxylation is 1. The average Bonchev–Trinajstić information content (AvgIpc) is 3.15. The van der Waals surface area contributed by atoms with E-state index in [-0.39, 0.29) is 29.1 Å². The topological polar surface area (TPSA) is 105 Å². The first kappa shape index (κ1) is 20.2. The molecule has 0 saturated heterocycles. The lowest BCUT2D eigenvalue weighted by Crippen LogP contribution is -2.29. The van der Waals surface area contributed by atoms with Crippen molar-refractivity contribution in [3.8, 4) is 17.2 Å². The number of phenols is 2. The van der Waals surface area contributed by atoms with Gasteiger partial charge in [0.15, 0.2) is 17.3 Å². The first-order chi connectivity index (χ1) is 15.5. The van der Waals surface area contributed by atoms with Gasteiger partial charge in [0, 0.05) is 23.6 Å². The molecule has 0 spiro atoms. The number of carbonyl (C=O) groups excluding carboxylic acids is 1. The predicted molar refractivity (Wildman–Crippen MR) is 118 cm³/mol. The molecule has 0 bridgehead atoms. The summed E-state index contributed by atoms with van der Waals surface area (Å²) >= 11 is 0. The molecule has 0 fully saturated rings. The zero-order valence-electron chi connectivity index (χ0n) is 17.9. The van der Waals surface area contributed by atoms with Crippen molar-refractivity contribution in [2.75, 3.05) is 11.9 Å². The summed E-state index contributed by atoms with van der Waals surface area (Å²) in [6.07, 6.45) is 1.01. The fraction of sp³-hybridized carbons (Fsp3) is 0.280. The maximum Gasteiger partial charge on any atom is 0.233 e. The largest absolute Gasteiger partial charge is 0.508 e. The molecule has 1 aliphatic heterocycles. The van der Waals surface area contributed by atoms with Gasteiger partial charge in [-0.25, -0.2) is 0 Å². The number of phenolic OH excluding ortho intramolecular Hbond substituents is 2. The molecular weight excluding hydrogens is 408 g/mol. The van der Waals surface area contributed by atoms with E-state index in [1.807, 2.05) is 32.0 Å². The number of aromatic hydroxyl groups is 2. The maximum absolute atomic E-state index is 13.5. The van der Waals surface area contributed by atoms with Gasteiger partial charge >= 0.3 is 0 Å². The van der Waals surface area contributed by atoms with Gasteiger partial charge in [0.05, 0.1) is 17.9 Å². The van der Waals surface area contributed by atoms with Crippen LogP contribution >= 0.6 is 0 Å². The molecule has 1 aliphatic carbocycles. The molecule has 2 aliphatic rings. The number of ether oxygens (including phenoxy) is 1. The van der Waals surface area contributed by atoms with E-state index in [9.17, 15) is 15.0 Å². The van der Waals surface area contributed by atoms with Crippen LogP contribution in [0.1, 0.15) is 54.0 Å². The molecule has 0 amide bonds. The standard InChI is InChI=1S/C25H24N2O5/c1-3-31-21-12-15(6-9-19(21)29)23-22-13(2)27-32-25(22)26-18-10-16(11-20(30)24(18)23)14-4-7-17(28)8-5-14/h4-9,12,16,23,26,28-29H,3,10-11H2,1-2H3/t16-,23-/m0/s1. The molecule has 3 aromatic rings. The summed E-state index contributed by atoms with van der Waals surface area (Å²) < 4.78 is 11.1. The molecule has 164 valence electrons. The second kappa shape index (κ2) is 7.75. The summed E-state index contributed by atoms with van der Waals surface area (Å²) in [5.41, 5.74) is 4.90. The van der Waals surface area contributed by atoms with Crippen LogP contribution in [0.15, 0.2) is 58.3 Å². The Hall–Kier alpha value is -3.74. The third-order valence-electron chi connectivity index (χ3n) is 6.24. The molecule has 1 aromatic heterocycles. The second-order valence-corrected chi connectivity index (χ2v) is 8.24. The number of fused-ring (bicyclic) bond motifs is 1. The van der Waals surface area contributed by atoms with Gasteiger partial charge < -0.3 is 24.8 Å². The van der Waals surface area contributed by atoms with Crippen molar-refractivity contribution in [2.45, 2.75) is 38.5 Å². The zero-order valence-corrected chi connectivity index (χ0v) is 17.9. The third kappa shape index (κ3) is 3.30. The van der Waals surface area contributed by atoms with Crippen LogP contribution in [0.3, 0.4) is 0 Å². The van der Waals surface area contributed by atoms with E-state index >= 15 is 0 Å². The van der Waals surface area contributed by atoms with E-state index in [1.165, 1.54) is 0 Å². The number of Topliss-reactive ketones (excluding diaryl/α,β-unsaturated/α-hetero) is 1. The van der Waals surface area contributed by atoms with Gasteiger partial charge in [0.2, 0.25) is 5.88 Å². The molecule has 2 atom stereocenters. The minimum Gasteiger partial charge on any atom is -0.508 e. The number of allylic oxidation sites excluding steroid dienone is 2. The van der Waals surface area contributed by atoms with Gasteiger partial charge in [-0.15, -0.1) is 0 Å². The van der Waals surface area contributed by atoms with Crippen LogP contribution in [-0.4, -0.2) is 27.8 Å². The molecule has 7 heteroatoms.